The molecule has 0 fully saturated rings. The first-order valence-corrected chi connectivity index (χ1v) is 6.37. The number of anilines is 2. The SMILES string of the molecule is CNc1cc2nc3cc(N)c(C)cc3cc2cc1C. The summed E-state index contributed by atoms with van der Waals surface area (Å²) in [7, 11) is 1.93. The Bertz CT molecular complexity index is 791. The van der Waals surface area contributed by atoms with E-state index in [-0.39, 0.29) is 0 Å². The second kappa shape index (κ2) is 4.12. The average Bonchev–Trinajstić information content (AvgIpc) is 2.38. The molecule has 1 aromatic heterocycles. The van der Waals surface area contributed by atoms with E-state index in [4.69, 9.17) is 10.7 Å². The summed E-state index contributed by atoms with van der Waals surface area (Å²) in [5.74, 6) is 0. The molecule has 0 unspecified atom stereocenters. The molecule has 0 radical (unpaired) electrons. The smallest absolute Gasteiger partial charge is 0.0730 e. The molecule has 0 saturated carbocycles. The van der Waals surface area contributed by atoms with Crippen LogP contribution in [0.1, 0.15) is 11.1 Å². The van der Waals surface area contributed by atoms with E-state index in [0.29, 0.717) is 0 Å². The fraction of sp³-hybridized carbons (Fsp3) is 0.188. The number of nitrogen functional groups attached to an aromatic ring is 1. The van der Waals surface area contributed by atoms with Crippen LogP contribution in [-0.2, 0) is 0 Å². The molecule has 0 spiro atoms. The fourth-order valence-electron chi connectivity index (χ4n) is 2.45. The molecule has 3 nitrogen and oxygen atoms in total. The standard InChI is InChI=1S/C16H17N3/c1-9-4-11-6-12-5-10(2)14(18-3)8-16(12)19-15(11)7-13(9)17/h4-8,18H,17H2,1-3H3. The van der Waals surface area contributed by atoms with Crippen LogP contribution < -0.4 is 11.1 Å². The van der Waals surface area contributed by atoms with E-state index in [0.717, 1.165) is 38.7 Å². The van der Waals surface area contributed by atoms with Gasteiger partial charge in [0.2, 0.25) is 0 Å². The highest BCUT2D eigenvalue weighted by Gasteiger charge is 2.05. The molecular formula is C16H17N3. The van der Waals surface area contributed by atoms with Gasteiger partial charge in [-0.3, -0.25) is 0 Å². The van der Waals surface area contributed by atoms with Gasteiger partial charge in [-0.25, -0.2) is 4.98 Å². The van der Waals surface area contributed by atoms with Crippen LogP contribution in [0.15, 0.2) is 30.3 Å². The molecule has 0 aliphatic carbocycles. The monoisotopic (exact) mass is 251 g/mol. The van der Waals surface area contributed by atoms with Crippen molar-refractivity contribution in [2.24, 2.45) is 0 Å². The molecule has 0 aliphatic rings. The summed E-state index contributed by atoms with van der Waals surface area (Å²) in [6.45, 7) is 4.12. The minimum Gasteiger partial charge on any atom is -0.398 e. The normalized spacial score (nSPS) is 11.1. The number of fused-ring (bicyclic) bond motifs is 2. The molecule has 2 aromatic carbocycles. The van der Waals surface area contributed by atoms with Crippen LogP contribution in [0.4, 0.5) is 11.4 Å². The number of hydrogen-bond donors (Lipinski definition) is 2. The molecule has 0 saturated heterocycles. The molecule has 0 amide bonds. The summed E-state index contributed by atoms with van der Waals surface area (Å²) < 4.78 is 0. The molecule has 3 rings (SSSR count). The van der Waals surface area contributed by atoms with Crippen molar-refractivity contribution in [3.05, 3.63) is 41.5 Å². The number of aromatic nitrogens is 1. The summed E-state index contributed by atoms with van der Waals surface area (Å²) >= 11 is 0. The van der Waals surface area contributed by atoms with E-state index >= 15 is 0 Å². The number of pyridine rings is 1. The third-order valence-electron chi connectivity index (χ3n) is 3.61. The number of nitrogens with zero attached hydrogens (tertiary/aromatic N) is 1. The van der Waals surface area contributed by atoms with Crippen molar-refractivity contribution in [1.82, 2.24) is 4.98 Å². The Kier molecular flexibility index (Phi) is 2.56. The van der Waals surface area contributed by atoms with Gasteiger partial charge in [0.15, 0.2) is 0 Å². The lowest BCUT2D eigenvalue weighted by atomic mass is 10.0. The van der Waals surface area contributed by atoms with E-state index in [2.05, 4.69) is 36.5 Å². The van der Waals surface area contributed by atoms with Crippen LogP contribution in [0.25, 0.3) is 21.8 Å². The van der Waals surface area contributed by atoms with Crippen LogP contribution in [0.5, 0.6) is 0 Å². The van der Waals surface area contributed by atoms with Gasteiger partial charge in [-0.15, -0.1) is 0 Å². The number of aryl methyl sites for hydroxylation is 2. The van der Waals surface area contributed by atoms with E-state index in [1.165, 1.54) is 5.56 Å². The van der Waals surface area contributed by atoms with Gasteiger partial charge in [-0.05, 0) is 55.3 Å². The number of nitrogens with two attached hydrogens (primary N) is 1. The van der Waals surface area contributed by atoms with Gasteiger partial charge in [0, 0.05) is 29.2 Å². The van der Waals surface area contributed by atoms with Crippen LogP contribution >= 0.6 is 0 Å². The average molecular weight is 251 g/mol. The first-order valence-electron chi connectivity index (χ1n) is 6.37. The van der Waals surface area contributed by atoms with E-state index < -0.39 is 0 Å². The maximum atomic E-state index is 5.96. The largest absolute Gasteiger partial charge is 0.398 e. The van der Waals surface area contributed by atoms with Gasteiger partial charge in [0.1, 0.15) is 0 Å². The quantitative estimate of drug-likeness (QED) is 0.513. The van der Waals surface area contributed by atoms with Gasteiger partial charge in [-0.2, -0.15) is 0 Å². The molecule has 3 aromatic rings. The summed E-state index contributed by atoms with van der Waals surface area (Å²) in [6.07, 6.45) is 0. The molecule has 0 atom stereocenters. The predicted octanol–water partition coefficient (Wildman–Crippen LogP) is 3.63. The van der Waals surface area contributed by atoms with Crippen LogP contribution in [0.3, 0.4) is 0 Å². The molecule has 1 heterocycles. The summed E-state index contributed by atoms with van der Waals surface area (Å²) in [4.78, 5) is 4.71. The third-order valence-corrected chi connectivity index (χ3v) is 3.61. The maximum absolute atomic E-state index is 5.96. The van der Waals surface area contributed by atoms with Crippen molar-refractivity contribution in [3.63, 3.8) is 0 Å². The van der Waals surface area contributed by atoms with Crippen molar-refractivity contribution in [2.45, 2.75) is 13.8 Å². The second-order valence-corrected chi connectivity index (χ2v) is 5.00. The zero-order chi connectivity index (χ0) is 13.6. The van der Waals surface area contributed by atoms with Gasteiger partial charge < -0.3 is 11.1 Å². The highest BCUT2D eigenvalue weighted by Crippen LogP contribution is 2.27. The molecule has 0 aliphatic heterocycles. The van der Waals surface area contributed by atoms with Gasteiger partial charge >= 0.3 is 0 Å². The van der Waals surface area contributed by atoms with Gasteiger partial charge in [0.25, 0.3) is 0 Å². The molecule has 19 heavy (non-hydrogen) atoms. The first kappa shape index (κ1) is 11.8. The zero-order valence-electron chi connectivity index (χ0n) is 11.4. The number of hydrogen-bond acceptors (Lipinski definition) is 3. The summed E-state index contributed by atoms with van der Waals surface area (Å²) in [5, 5.41) is 5.49. The summed E-state index contributed by atoms with van der Waals surface area (Å²) in [6, 6.07) is 10.5. The van der Waals surface area contributed by atoms with E-state index in [1.807, 2.05) is 20.0 Å². The molecule has 96 valence electrons. The highest BCUT2D eigenvalue weighted by atomic mass is 14.8. The highest BCUT2D eigenvalue weighted by molar-refractivity contribution is 5.96. The van der Waals surface area contributed by atoms with Crippen molar-refractivity contribution >= 4 is 33.2 Å². The number of nitrogens with one attached hydrogen (secondary N) is 1. The lowest BCUT2D eigenvalue weighted by Crippen LogP contribution is -1.94. The Morgan fingerprint density at radius 2 is 1.53 bits per heavy atom. The van der Waals surface area contributed by atoms with E-state index in [9.17, 15) is 0 Å². The minimum atomic E-state index is 0.792. The van der Waals surface area contributed by atoms with Crippen molar-refractivity contribution < 1.29 is 0 Å². The minimum absolute atomic E-state index is 0.792. The fourth-order valence-corrected chi connectivity index (χ4v) is 2.45. The van der Waals surface area contributed by atoms with Crippen molar-refractivity contribution in [2.75, 3.05) is 18.1 Å². The molecule has 3 heteroatoms. The first-order chi connectivity index (χ1) is 9.08. The van der Waals surface area contributed by atoms with Crippen molar-refractivity contribution in [1.29, 1.82) is 0 Å². The Hall–Kier alpha value is -2.29. The molecule has 0 bridgehead atoms. The Morgan fingerprint density at radius 1 is 0.895 bits per heavy atom. The van der Waals surface area contributed by atoms with Gasteiger partial charge in [-0.1, -0.05) is 0 Å². The number of rotatable bonds is 1. The van der Waals surface area contributed by atoms with Crippen LogP contribution in [-0.4, -0.2) is 12.0 Å². The van der Waals surface area contributed by atoms with Crippen molar-refractivity contribution in [3.8, 4) is 0 Å². The lowest BCUT2D eigenvalue weighted by molar-refractivity contribution is 1.40. The third kappa shape index (κ3) is 1.87. The summed E-state index contributed by atoms with van der Waals surface area (Å²) in [5.41, 5.74) is 12.1. The predicted molar refractivity (Wildman–Crippen MR) is 82.7 cm³/mol. The zero-order valence-corrected chi connectivity index (χ0v) is 11.4. The molecular weight excluding hydrogens is 234 g/mol. The van der Waals surface area contributed by atoms with E-state index in [1.54, 1.807) is 0 Å². The Morgan fingerprint density at radius 3 is 2.21 bits per heavy atom. The van der Waals surface area contributed by atoms with Crippen LogP contribution in [0, 0.1) is 13.8 Å². The lowest BCUT2D eigenvalue weighted by Gasteiger charge is -2.09. The Labute approximate surface area is 112 Å². The number of benzene rings is 2. The maximum Gasteiger partial charge on any atom is 0.0730 e. The molecule has 3 N–H and O–H groups in total. The Balaban J connectivity index is 2.38. The second-order valence-electron chi connectivity index (χ2n) is 5.00. The van der Waals surface area contributed by atoms with Gasteiger partial charge in [0.05, 0.1) is 11.0 Å². The van der Waals surface area contributed by atoms with Crippen LogP contribution in [0.2, 0.25) is 0 Å². The topological polar surface area (TPSA) is 50.9 Å².